The number of aromatic nitrogens is 2. The maximum atomic E-state index is 12.8. The molecule has 0 radical (unpaired) electrons. The number of aryl methyl sites for hydroxylation is 2. The number of hydrogen-bond donors (Lipinski definition) is 2. The standard InChI is InChI=1S/C18H15ClN2O3S/c1-8-9(2)25-17-14(8)18(24)21-4-3-11(16(21)20-17)5-10-6-12(19)15(23)13(22)7-10/h5-7,22-23H,3-4H2,1-2H3/b11-5+. The number of rotatable bonds is 1. The molecule has 4 rings (SSSR count). The largest absolute Gasteiger partial charge is 0.504 e. The fourth-order valence-corrected chi connectivity index (χ4v) is 4.39. The molecule has 25 heavy (non-hydrogen) atoms. The van der Waals surface area contributed by atoms with E-state index in [4.69, 9.17) is 16.6 Å². The van der Waals surface area contributed by atoms with E-state index in [1.165, 1.54) is 17.4 Å². The Morgan fingerprint density at radius 1 is 1.32 bits per heavy atom. The van der Waals surface area contributed by atoms with Crippen molar-refractivity contribution >= 4 is 44.8 Å². The van der Waals surface area contributed by atoms with Crippen LogP contribution in [0.3, 0.4) is 0 Å². The summed E-state index contributed by atoms with van der Waals surface area (Å²) in [6.45, 7) is 4.53. The number of aromatic hydroxyl groups is 2. The molecule has 128 valence electrons. The molecule has 0 saturated carbocycles. The van der Waals surface area contributed by atoms with Crippen LogP contribution in [0.5, 0.6) is 11.5 Å². The maximum Gasteiger partial charge on any atom is 0.262 e. The minimum absolute atomic E-state index is 0.00293. The lowest BCUT2D eigenvalue weighted by atomic mass is 10.1. The fraction of sp³-hybridized carbons (Fsp3) is 0.222. The van der Waals surface area contributed by atoms with Gasteiger partial charge >= 0.3 is 0 Å². The Bertz CT molecular complexity index is 1100. The number of phenolic OH excluding ortho intramolecular Hbond substituents is 2. The summed E-state index contributed by atoms with van der Waals surface area (Å²) in [4.78, 5) is 19.4. The number of benzene rings is 1. The maximum absolute atomic E-state index is 12.8. The van der Waals surface area contributed by atoms with Gasteiger partial charge in [-0.15, -0.1) is 11.3 Å². The molecule has 0 atom stereocenters. The molecular formula is C18H15ClN2O3S. The third kappa shape index (κ3) is 2.44. The van der Waals surface area contributed by atoms with Crippen LogP contribution < -0.4 is 5.56 Å². The first kappa shape index (κ1) is 16.2. The van der Waals surface area contributed by atoms with Gasteiger partial charge in [0.15, 0.2) is 11.5 Å². The second-order valence-electron chi connectivity index (χ2n) is 6.15. The minimum Gasteiger partial charge on any atom is -0.504 e. The van der Waals surface area contributed by atoms with E-state index in [1.807, 2.05) is 19.9 Å². The molecule has 2 N–H and O–H groups in total. The van der Waals surface area contributed by atoms with Crippen LogP contribution in [-0.2, 0) is 6.54 Å². The molecule has 1 aromatic carbocycles. The second kappa shape index (κ2) is 5.61. The summed E-state index contributed by atoms with van der Waals surface area (Å²) in [5.41, 5.74) is 2.55. The first-order valence-corrected chi connectivity index (χ1v) is 8.99. The van der Waals surface area contributed by atoms with E-state index < -0.39 is 0 Å². The molecule has 0 aliphatic carbocycles. The van der Waals surface area contributed by atoms with Crippen molar-refractivity contribution in [1.29, 1.82) is 0 Å². The van der Waals surface area contributed by atoms with Crippen LogP contribution in [-0.4, -0.2) is 19.8 Å². The van der Waals surface area contributed by atoms with Crippen molar-refractivity contribution in [3.05, 3.63) is 49.3 Å². The Morgan fingerprint density at radius 2 is 2.08 bits per heavy atom. The van der Waals surface area contributed by atoms with Crippen LogP contribution in [0.4, 0.5) is 0 Å². The van der Waals surface area contributed by atoms with Gasteiger partial charge in [-0.05, 0) is 55.2 Å². The number of allylic oxidation sites excluding steroid dienone is 1. The van der Waals surface area contributed by atoms with Gasteiger partial charge < -0.3 is 10.2 Å². The summed E-state index contributed by atoms with van der Waals surface area (Å²) in [5, 5.41) is 20.1. The molecule has 0 bridgehead atoms. The van der Waals surface area contributed by atoms with Crippen molar-refractivity contribution in [3.63, 3.8) is 0 Å². The summed E-state index contributed by atoms with van der Waals surface area (Å²) in [5.74, 6) is 0.0429. The monoisotopic (exact) mass is 374 g/mol. The lowest BCUT2D eigenvalue weighted by molar-refractivity contribution is 0.404. The van der Waals surface area contributed by atoms with E-state index in [9.17, 15) is 15.0 Å². The molecule has 1 aliphatic heterocycles. The van der Waals surface area contributed by atoms with E-state index in [1.54, 1.807) is 10.6 Å². The zero-order valence-electron chi connectivity index (χ0n) is 13.6. The molecular weight excluding hydrogens is 360 g/mol. The number of phenols is 2. The molecule has 0 fully saturated rings. The van der Waals surface area contributed by atoms with Gasteiger partial charge in [-0.3, -0.25) is 9.36 Å². The van der Waals surface area contributed by atoms with E-state index >= 15 is 0 Å². The topological polar surface area (TPSA) is 75.4 Å². The van der Waals surface area contributed by atoms with Crippen LogP contribution in [0.2, 0.25) is 5.02 Å². The van der Waals surface area contributed by atoms with E-state index in [0.717, 1.165) is 20.8 Å². The molecule has 1 aliphatic rings. The lowest BCUT2D eigenvalue weighted by Gasteiger charge is -2.05. The molecule has 5 nitrogen and oxygen atoms in total. The van der Waals surface area contributed by atoms with Crippen molar-refractivity contribution in [2.45, 2.75) is 26.8 Å². The summed E-state index contributed by atoms with van der Waals surface area (Å²) in [6, 6.07) is 3.01. The van der Waals surface area contributed by atoms with Crippen LogP contribution in [0.15, 0.2) is 16.9 Å². The highest BCUT2D eigenvalue weighted by molar-refractivity contribution is 7.18. The molecule has 3 aromatic rings. The fourth-order valence-electron chi connectivity index (χ4n) is 3.15. The molecule has 0 spiro atoms. The number of thiophene rings is 1. The molecule has 0 unspecified atom stereocenters. The Hall–Kier alpha value is -2.31. The Labute approximate surface area is 152 Å². The van der Waals surface area contributed by atoms with Crippen molar-refractivity contribution in [1.82, 2.24) is 9.55 Å². The highest BCUT2D eigenvalue weighted by Crippen LogP contribution is 2.36. The van der Waals surface area contributed by atoms with Crippen LogP contribution in [0.25, 0.3) is 21.9 Å². The minimum atomic E-state index is -0.337. The normalized spacial score (nSPS) is 15.2. The average Bonchev–Trinajstić information content (AvgIpc) is 3.07. The van der Waals surface area contributed by atoms with Crippen molar-refractivity contribution < 1.29 is 10.2 Å². The van der Waals surface area contributed by atoms with E-state index in [0.29, 0.717) is 29.7 Å². The SMILES string of the molecule is Cc1sc2nc3n(c(=O)c2c1C)CC/C3=C\c1cc(O)c(O)c(Cl)c1. The van der Waals surface area contributed by atoms with Gasteiger partial charge in [-0.25, -0.2) is 4.98 Å². The highest BCUT2D eigenvalue weighted by atomic mass is 35.5. The third-order valence-corrected chi connectivity index (χ3v) is 5.98. The predicted octanol–water partition coefficient (Wildman–Crippen LogP) is 4.08. The van der Waals surface area contributed by atoms with Gasteiger partial charge in [-0.2, -0.15) is 0 Å². The molecule has 0 saturated heterocycles. The first-order valence-electron chi connectivity index (χ1n) is 7.79. The van der Waals surface area contributed by atoms with Gasteiger partial charge in [0.25, 0.3) is 5.56 Å². The smallest absolute Gasteiger partial charge is 0.262 e. The van der Waals surface area contributed by atoms with Crippen molar-refractivity contribution in [2.75, 3.05) is 0 Å². The lowest BCUT2D eigenvalue weighted by Crippen LogP contribution is -2.20. The first-order chi connectivity index (χ1) is 11.9. The van der Waals surface area contributed by atoms with Crippen LogP contribution in [0, 0.1) is 13.8 Å². The van der Waals surface area contributed by atoms with Crippen LogP contribution >= 0.6 is 22.9 Å². The zero-order chi connectivity index (χ0) is 17.9. The average molecular weight is 375 g/mol. The highest BCUT2D eigenvalue weighted by Gasteiger charge is 2.23. The molecule has 7 heteroatoms. The number of nitrogens with zero attached hydrogens (tertiary/aromatic N) is 2. The summed E-state index contributed by atoms with van der Waals surface area (Å²) in [7, 11) is 0. The van der Waals surface area contributed by atoms with Gasteiger partial charge in [0.05, 0.1) is 10.4 Å². The van der Waals surface area contributed by atoms with Crippen molar-refractivity contribution in [2.24, 2.45) is 0 Å². The molecule has 2 aromatic heterocycles. The second-order valence-corrected chi connectivity index (χ2v) is 7.76. The molecule has 3 heterocycles. The van der Waals surface area contributed by atoms with Crippen molar-refractivity contribution in [3.8, 4) is 11.5 Å². The van der Waals surface area contributed by atoms with Gasteiger partial charge in [0.2, 0.25) is 0 Å². The van der Waals surface area contributed by atoms with Gasteiger partial charge in [0.1, 0.15) is 10.7 Å². The summed E-state index contributed by atoms with van der Waals surface area (Å²) < 4.78 is 1.70. The third-order valence-electron chi connectivity index (χ3n) is 4.59. The number of fused-ring (bicyclic) bond motifs is 2. The summed E-state index contributed by atoms with van der Waals surface area (Å²) in [6.07, 6.45) is 2.52. The van der Waals surface area contributed by atoms with E-state index in [2.05, 4.69) is 0 Å². The summed E-state index contributed by atoms with van der Waals surface area (Å²) >= 11 is 7.45. The van der Waals surface area contributed by atoms with Gasteiger partial charge in [0, 0.05) is 11.4 Å². The van der Waals surface area contributed by atoms with Crippen LogP contribution in [0.1, 0.15) is 28.2 Å². The molecule has 0 amide bonds. The predicted molar refractivity (Wildman–Crippen MR) is 101 cm³/mol. The Morgan fingerprint density at radius 3 is 2.80 bits per heavy atom. The van der Waals surface area contributed by atoms with Gasteiger partial charge in [-0.1, -0.05) is 11.6 Å². The van der Waals surface area contributed by atoms with E-state index in [-0.39, 0.29) is 22.1 Å². The number of halogens is 1. The quantitative estimate of drug-likeness (QED) is 0.629. The zero-order valence-corrected chi connectivity index (χ0v) is 15.2. The Balaban J connectivity index is 1.90. The number of hydrogen-bond acceptors (Lipinski definition) is 5. The Kier molecular flexibility index (Phi) is 3.63.